The van der Waals surface area contributed by atoms with E-state index < -0.39 is 5.82 Å². The first-order chi connectivity index (χ1) is 12.0. The van der Waals surface area contributed by atoms with Crippen LogP contribution in [0, 0.1) is 11.7 Å². The first-order valence-electron chi connectivity index (χ1n) is 8.74. The molecule has 25 heavy (non-hydrogen) atoms. The number of nitrogens with zero attached hydrogens (tertiary/aromatic N) is 2. The summed E-state index contributed by atoms with van der Waals surface area (Å²) < 4.78 is 13.9. The van der Waals surface area contributed by atoms with Gasteiger partial charge in [0.1, 0.15) is 5.82 Å². The van der Waals surface area contributed by atoms with Gasteiger partial charge in [-0.3, -0.25) is 9.59 Å². The molecular weight excluding hydrogens is 345 g/mol. The van der Waals surface area contributed by atoms with Crippen molar-refractivity contribution in [3.63, 3.8) is 0 Å². The lowest BCUT2D eigenvalue weighted by molar-refractivity contribution is -0.138. The molecule has 2 atom stereocenters. The first kappa shape index (κ1) is 18.1. The minimum atomic E-state index is -0.613. The number of halogens is 2. The van der Waals surface area contributed by atoms with Gasteiger partial charge < -0.3 is 15.1 Å². The van der Waals surface area contributed by atoms with E-state index >= 15 is 0 Å². The fourth-order valence-electron chi connectivity index (χ4n) is 3.58. The molecule has 5 nitrogen and oxygen atoms in total. The normalized spacial score (nSPS) is 24.3. The maximum absolute atomic E-state index is 13.9. The molecule has 3 rings (SSSR count). The van der Waals surface area contributed by atoms with Gasteiger partial charge in [-0.25, -0.2) is 4.39 Å². The molecule has 2 amide bonds. The van der Waals surface area contributed by atoms with Crippen LogP contribution in [0.3, 0.4) is 0 Å². The van der Waals surface area contributed by atoms with Crippen LogP contribution in [-0.4, -0.2) is 60.4 Å². The van der Waals surface area contributed by atoms with Crippen LogP contribution < -0.4 is 5.32 Å². The molecule has 1 aromatic carbocycles. The second-order valence-corrected chi connectivity index (χ2v) is 7.17. The Balaban J connectivity index is 1.59. The molecule has 2 heterocycles. The highest BCUT2D eigenvalue weighted by molar-refractivity contribution is 6.30. The van der Waals surface area contributed by atoms with Gasteiger partial charge in [0.25, 0.3) is 5.91 Å². The maximum Gasteiger partial charge on any atom is 0.256 e. The SMILES string of the molecule is CC1NCCCC1C(=O)N1CCN(C(=O)c2ccc(Cl)cc2F)CC1. The van der Waals surface area contributed by atoms with Crippen molar-refractivity contribution in [2.24, 2.45) is 5.92 Å². The van der Waals surface area contributed by atoms with Gasteiger partial charge in [-0.1, -0.05) is 11.6 Å². The van der Waals surface area contributed by atoms with Crippen molar-refractivity contribution in [1.82, 2.24) is 15.1 Å². The Morgan fingerprint density at radius 1 is 1.20 bits per heavy atom. The standard InChI is InChI=1S/C18H23ClFN3O2/c1-12-14(3-2-6-21-12)17(24)22-7-9-23(10-8-22)18(25)15-5-4-13(19)11-16(15)20/h4-5,11-12,14,21H,2-3,6-10H2,1H3. The zero-order valence-corrected chi connectivity index (χ0v) is 15.1. The summed E-state index contributed by atoms with van der Waals surface area (Å²) in [6, 6.07) is 4.25. The summed E-state index contributed by atoms with van der Waals surface area (Å²) in [5.41, 5.74) is 0.0225. The van der Waals surface area contributed by atoms with Crippen LogP contribution in [0.5, 0.6) is 0 Å². The molecule has 0 saturated carbocycles. The summed E-state index contributed by atoms with van der Waals surface area (Å²) in [5.74, 6) is -0.804. The minimum Gasteiger partial charge on any atom is -0.339 e. The van der Waals surface area contributed by atoms with Gasteiger partial charge in [-0.2, -0.15) is 0 Å². The van der Waals surface area contributed by atoms with Crippen molar-refractivity contribution in [3.8, 4) is 0 Å². The van der Waals surface area contributed by atoms with Gasteiger partial charge in [0.05, 0.1) is 11.5 Å². The lowest BCUT2D eigenvalue weighted by atomic mass is 9.90. The topological polar surface area (TPSA) is 52.7 Å². The zero-order chi connectivity index (χ0) is 18.0. The summed E-state index contributed by atoms with van der Waals surface area (Å²) in [7, 11) is 0. The predicted octanol–water partition coefficient (Wildman–Crippen LogP) is 2.15. The Morgan fingerprint density at radius 3 is 2.52 bits per heavy atom. The van der Waals surface area contributed by atoms with Gasteiger partial charge in [0.2, 0.25) is 5.91 Å². The van der Waals surface area contributed by atoms with Gasteiger partial charge in [0, 0.05) is 37.2 Å². The van der Waals surface area contributed by atoms with Crippen LogP contribution >= 0.6 is 11.6 Å². The Hall–Kier alpha value is -1.66. The number of benzene rings is 1. The average molecular weight is 368 g/mol. The van der Waals surface area contributed by atoms with Crippen molar-refractivity contribution in [3.05, 3.63) is 34.6 Å². The molecule has 1 aromatic rings. The summed E-state index contributed by atoms with van der Waals surface area (Å²) in [6.45, 7) is 4.82. The highest BCUT2D eigenvalue weighted by Gasteiger charge is 2.33. The average Bonchev–Trinajstić information content (AvgIpc) is 2.61. The molecule has 136 valence electrons. The van der Waals surface area contributed by atoms with Crippen LogP contribution in [0.25, 0.3) is 0 Å². The van der Waals surface area contributed by atoms with Crippen LogP contribution in [-0.2, 0) is 4.79 Å². The van der Waals surface area contributed by atoms with Crippen molar-refractivity contribution in [2.45, 2.75) is 25.8 Å². The van der Waals surface area contributed by atoms with E-state index in [1.165, 1.54) is 12.1 Å². The number of rotatable bonds is 2. The molecule has 2 fully saturated rings. The van der Waals surface area contributed by atoms with E-state index in [1.807, 2.05) is 11.8 Å². The van der Waals surface area contributed by atoms with E-state index in [0.29, 0.717) is 26.2 Å². The molecule has 2 aliphatic heterocycles. The molecule has 0 spiro atoms. The van der Waals surface area contributed by atoms with E-state index in [4.69, 9.17) is 11.6 Å². The van der Waals surface area contributed by atoms with Crippen LogP contribution in [0.2, 0.25) is 5.02 Å². The first-order valence-corrected chi connectivity index (χ1v) is 9.11. The lowest BCUT2D eigenvalue weighted by Crippen LogP contribution is -2.55. The van der Waals surface area contributed by atoms with Gasteiger partial charge >= 0.3 is 0 Å². The monoisotopic (exact) mass is 367 g/mol. The number of hydrogen-bond donors (Lipinski definition) is 1. The van der Waals surface area contributed by atoms with E-state index in [-0.39, 0.29) is 34.4 Å². The Kier molecular flexibility index (Phi) is 5.59. The number of piperazine rings is 1. The summed E-state index contributed by atoms with van der Waals surface area (Å²) in [4.78, 5) is 28.6. The number of piperidine rings is 1. The second kappa shape index (κ2) is 7.70. The van der Waals surface area contributed by atoms with Crippen molar-refractivity contribution in [2.75, 3.05) is 32.7 Å². The van der Waals surface area contributed by atoms with E-state index in [9.17, 15) is 14.0 Å². The molecule has 2 unspecified atom stereocenters. The molecule has 2 aliphatic rings. The number of carbonyl (C=O) groups is 2. The fourth-order valence-corrected chi connectivity index (χ4v) is 3.74. The molecule has 0 aromatic heterocycles. The molecular formula is C18H23ClFN3O2. The number of carbonyl (C=O) groups excluding carboxylic acids is 2. The fraction of sp³-hybridized carbons (Fsp3) is 0.556. The Morgan fingerprint density at radius 2 is 1.88 bits per heavy atom. The quantitative estimate of drug-likeness (QED) is 0.871. The third-order valence-corrected chi connectivity index (χ3v) is 5.35. The van der Waals surface area contributed by atoms with Gasteiger partial charge in [-0.05, 0) is 44.5 Å². The zero-order valence-electron chi connectivity index (χ0n) is 14.3. The molecule has 0 aliphatic carbocycles. The summed E-state index contributed by atoms with van der Waals surface area (Å²) in [6.07, 6.45) is 1.91. The van der Waals surface area contributed by atoms with Crippen molar-refractivity contribution >= 4 is 23.4 Å². The third kappa shape index (κ3) is 3.96. The molecule has 1 N–H and O–H groups in total. The molecule has 0 radical (unpaired) electrons. The second-order valence-electron chi connectivity index (χ2n) is 6.73. The van der Waals surface area contributed by atoms with Crippen LogP contribution in [0.1, 0.15) is 30.1 Å². The highest BCUT2D eigenvalue weighted by Crippen LogP contribution is 2.21. The van der Waals surface area contributed by atoms with Crippen molar-refractivity contribution in [1.29, 1.82) is 0 Å². The number of amides is 2. The lowest BCUT2D eigenvalue weighted by Gasteiger charge is -2.38. The summed E-state index contributed by atoms with van der Waals surface area (Å²) >= 11 is 5.73. The Bertz CT molecular complexity index is 662. The molecule has 2 saturated heterocycles. The predicted molar refractivity (Wildman–Crippen MR) is 94.1 cm³/mol. The maximum atomic E-state index is 13.9. The number of nitrogens with one attached hydrogen (secondary N) is 1. The minimum absolute atomic E-state index is 0.00436. The largest absolute Gasteiger partial charge is 0.339 e. The smallest absolute Gasteiger partial charge is 0.256 e. The number of hydrogen-bond acceptors (Lipinski definition) is 3. The molecule has 7 heteroatoms. The van der Waals surface area contributed by atoms with E-state index in [0.717, 1.165) is 25.5 Å². The van der Waals surface area contributed by atoms with Crippen LogP contribution in [0.4, 0.5) is 4.39 Å². The summed E-state index contributed by atoms with van der Waals surface area (Å²) in [5, 5.41) is 3.61. The third-order valence-electron chi connectivity index (χ3n) is 5.12. The van der Waals surface area contributed by atoms with E-state index in [1.54, 1.807) is 4.90 Å². The van der Waals surface area contributed by atoms with E-state index in [2.05, 4.69) is 5.32 Å². The van der Waals surface area contributed by atoms with Crippen LogP contribution in [0.15, 0.2) is 18.2 Å². The van der Waals surface area contributed by atoms with Gasteiger partial charge in [0.15, 0.2) is 0 Å². The van der Waals surface area contributed by atoms with Crippen molar-refractivity contribution < 1.29 is 14.0 Å². The highest BCUT2D eigenvalue weighted by atomic mass is 35.5. The molecule has 0 bridgehead atoms. The Labute approximate surface area is 152 Å². The van der Waals surface area contributed by atoms with Gasteiger partial charge in [-0.15, -0.1) is 0 Å².